The van der Waals surface area contributed by atoms with Gasteiger partial charge in [-0.15, -0.1) is 11.3 Å². The molecule has 1 heterocycles. The van der Waals surface area contributed by atoms with E-state index >= 15 is 0 Å². The summed E-state index contributed by atoms with van der Waals surface area (Å²) in [6, 6.07) is 8.97. The van der Waals surface area contributed by atoms with Gasteiger partial charge in [0.25, 0.3) is 10.0 Å². The summed E-state index contributed by atoms with van der Waals surface area (Å²) in [5, 5.41) is 0. The minimum absolute atomic E-state index is 0.227. The Balaban J connectivity index is 2.32. The highest BCUT2D eigenvalue weighted by atomic mass is 79.9. The smallest absolute Gasteiger partial charge is 0.263 e. The van der Waals surface area contributed by atoms with Crippen LogP contribution in [0.3, 0.4) is 0 Å². The van der Waals surface area contributed by atoms with E-state index in [9.17, 15) is 8.42 Å². The van der Waals surface area contributed by atoms with Crippen LogP contribution in [0.2, 0.25) is 0 Å². The van der Waals surface area contributed by atoms with Crippen LogP contribution < -0.4 is 10.5 Å². The van der Waals surface area contributed by atoms with Gasteiger partial charge >= 0.3 is 0 Å². The molecule has 0 unspecified atom stereocenters. The van der Waals surface area contributed by atoms with E-state index in [2.05, 4.69) is 20.7 Å². The summed E-state index contributed by atoms with van der Waals surface area (Å²) < 4.78 is 27.9. The predicted molar refractivity (Wildman–Crippen MR) is 86.5 cm³/mol. The van der Waals surface area contributed by atoms with Crippen molar-refractivity contribution >= 4 is 43.0 Å². The molecule has 7 heteroatoms. The average molecular weight is 375 g/mol. The average Bonchev–Trinajstić information content (AvgIpc) is 2.80. The number of aryl methyl sites for hydroxylation is 1. The van der Waals surface area contributed by atoms with Crippen LogP contribution in [0, 0.1) is 0 Å². The van der Waals surface area contributed by atoms with Gasteiger partial charge < -0.3 is 5.73 Å². The van der Waals surface area contributed by atoms with E-state index in [-0.39, 0.29) is 4.90 Å². The number of rotatable bonds is 5. The fraction of sp³-hybridized carbons (Fsp3) is 0.231. The molecule has 3 N–H and O–H groups in total. The standard InChI is InChI=1S/C13H15BrN2O2S2/c1-2-9-4-3-5-10(6-9)16-20(17,18)12-7-11(8-15)19-13(12)14/h3-7,16H,2,8,15H2,1H3. The summed E-state index contributed by atoms with van der Waals surface area (Å²) in [4.78, 5) is 1.05. The molecular formula is C13H15BrN2O2S2. The van der Waals surface area contributed by atoms with Crippen molar-refractivity contribution in [3.05, 3.63) is 44.6 Å². The van der Waals surface area contributed by atoms with Gasteiger partial charge in [0.05, 0.1) is 3.79 Å². The van der Waals surface area contributed by atoms with Crippen molar-refractivity contribution in [2.24, 2.45) is 5.73 Å². The van der Waals surface area contributed by atoms with Crippen LogP contribution in [-0.4, -0.2) is 8.42 Å². The van der Waals surface area contributed by atoms with Gasteiger partial charge in [-0.3, -0.25) is 4.72 Å². The Bertz CT molecular complexity index is 711. The van der Waals surface area contributed by atoms with Gasteiger partial charge in [0.1, 0.15) is 4.90 Å². The quantitative estimate of drug-likeness (QED) is 0.842. The molecule has 1 aromatic heterocycles. The van der Waals surface area contributed by atoms with Gasteiger partial charge in [-0.05, 0) is 46.1 Å². The Morgan fingerprint density at radius 1 is 1.35 bits per heavy atom. The Labute approximate surface area is 131 Å². The number of thiophene rings is 1. The number of anilines is 1. The summed E-state index contributed by atoms with van der Waals surface area (Å²) in [6.45, 7) is 2.35. The highest BCUT2D eigenvalue weighted by Gasteiger charge is 2.20. The van der Waals surface area contributed by atoms with Gasteiger partial charge in [-0.1, -0.05) is 19.1 Å². The first-order valence-electron chi connectivity index (χ1n) is 6.06. The molecule has 0 saturated heterocycles. The lowest BCUT2D eigenvalue weighted by molar-refractivity contribution is 0.601. The zero-order valence-electron chi connectivity index (χ0n) is 10.9. The van der Waals surface area contributed by atoms with E-state index in [0.717, 1.165) is 16.9 Å². The highest BCUT2D eigenvalue weighted by Crippen LogP contribution is 2.32. The number of halogens is 1. The van der Waals surface area contributed by atoms with Crippen molar-refractivity contribution in [3.8, 4) is 0 Å². The molecule has 0 spiro atoms. The second-order valence-electron chi connectivity index (χ2n) is 4.21. The number of hydrogen-bond donors (Lipinski definition) is 2. The second kappa shape index (κ2) is 6.26. The molecule has 2 rings (SSSR count). The van der Waals surface area contributed by atoms with Crippen LogP contribution in [0.5, 0.6) is 0 Å². The predicted octanol–water partition coefficient (Wildman–Crippen LogP) is 3.33. The number of nitrogens with two attached hydrogens (primary N) is 1. The number of hydrogen-bond acceptors (Lipinski definition) is 4. The maximum absolute atomic E-state index is 12.4. The molecule has 20 heavy (non-hydrogen) atoms. The Morgan fingerprint density at radius 2 is 2.10 bits per heavy atom. The summed E-state index contributed by atoms with van der Waals surface area (Å²) in [7, 11) is -3.60. The van der Waals surface area contributed by atoms with Crippen LogP contribution >= 0.6 is 27.3 Å². The van der Waals surface area contributed by atoms with Crippen molar-refractivity contribution < 1.29 is 8.42 Å². The molecule has 0 radical (unpaired) electrons. The van der Waals surface area contributed by atoms with Crippen molar-refractivity contribution in [1.82, 2.24) is 0 Å². The summed E-state index contributed by atoms with van der Waals surface area (Å²) >= 11 is 4.61. The largest absolute Gasteiger partial charge is 0.326 e. The van der Waals surface area contributed by atoms with E-state index < -0.39 is 10.0 Å². The van der Waals surface area contributed by atoms with Crippen molar-refractivity contribution in [3.63, 3.8) is 0 Å². The van der Waals surface area contributed by atoms with Crippen LogP contribution in [0.1, 0.15) is 17.4 Å². The molecular weight excluding hydrogens is 360 g/mol. The lowest BCUT2D eigenvalue weighted by Crippen LogP contribution is -2.12. The third-order valence-corrected chi connectivity index (χ3v) is 6.44. The Morgan fingerprint density at radius 3 is 2.70 bits per heavy atom. The van der Waals surface area contributed by atoms with Gasteiger partial charge in [0, 0.05) is 17.1 Å². The minimum Gasteiger partial charge on any atom is -0.326 e. The Hall–Kier alpha value is -0.890. The molecule has 0 aliphatic rings. The number of sulfonamides is 1. The lowest BCUT2D eigenvalue weighted by atomic mass is 10.1. The maximum Gasteiger partial charge on any atom is 0.263 e. The van der Waals surface area contributed by atoms with Gasteiger partial charge in [-0.2, -0.15) is 0 Å². The fourth-order valence-corrected chi connectivity index (χ4v) is 5.36. The monoisotopic (exact) mass is 374 g/mol. The molecule has 0 saturated carbocycles. The summed E-state index contributed by atoms with van der Waals surface area (Å²) in [6.07, 6.45) is 0.856. The molecule has 0 bridgehead atoms. The van der Waals surface area contributed by atoms with E-state index in [0.29, 0.717) is 16.0 Å². The topological polar surface area (TPSA) is 72.2 Å². The lowest BCUT2D eigenvalue weighted by Gasteiger charge is -2.08. The van der Waals surface area contributed by atoms with E-state index in [1.165, 1.54) is 11.3 Å². The third-order valence-electron chi connectivity index (χ3n) is 2.78. The molecule has 108 valence electrons. The molecule has 2 aromatic rings. The van der Waals surface area contributed by atoms with Crippen LogP contribution in [0.15, 0.2) is 39.0 Å². The third kappa shape index (κ3) is 3.41. The van der Waals surface area contributed by atoms with Gasteiger partial charge in [-0.25, -0.2) is 8.42 Å². The molecule has 0 atom stereocenters. The summed E-state index contributed by atoms with van der Waals surface area (Å²) in [5.41, 5.74) is 7.19. The fourth-order valence-electron chi connectivity index (χ4n) is 1.75. The molecule has 0 aliphatic carbocycles. The van der Waals surface area contributed by atoms with Crippen LogP contribution in [0.4, 0.5) is 5.69 Å². The summed E-state index contributed by atoms with van der Waals surface area (Å²) in [5.74, 6) is 0. The maximum atomic E-state index is 12.4. The van der Waals surface area contributed by atoms with Crippen molar-refractivity contribution in [2.75, 3.05) is 4.72 Å². The van der Waals surface area contributed by atoms with Crippen molar-refractivity contribution in [2.45, 2.75) is 24.8 Å². The van der Waals surface area contributed by atoms with Gasteiger partial charge in [0.15, 0.2) is 0 Å². The zero-order chi connectivity index (χ0) is 14.8. The first-order chi connectivity index (χ1) is 9.46. The van der Waals surface area contributed by atoms with E-state index in [1.807, 2.05) is 25.1 Å². The number of nitrogens with one attached hydrogen (secondary N) is 1. The molecule has 0 fully saturated rings. The van der Waals surface area contributed by atoms with Crippen LogP contribution in [0.25, 0.3) is 0 Å². The molecule has 1 aromatic carbocycles. The van der Waals surface area contributed by atoms with Crippen LogP contribution in [-0.2, 0) is 23.0 Å². The number of benzene rings is 1. The highest BCUT2D eigenvalue weighted by molar-refractivity contribution is 9.11. The zero-order valence-corrected chi connectivity index (χ0v) is 14.1. The second-order valence-corrected chi connectivity index (χ2v) is 8.32. The molecule has 0 aliphatic heterocycles. The Kier molecular flexibility index (Phi) is 4.85. The van der Waals surface area contributed by atoms with Crippen molar-refractivity contribution in [1.29, 1.82) is 0 Å². The SMILES string of the molecule is CCc1cccc(NS(=O)(=O)c2cc(CN)sc2Br)c1. The minimum atomic E-state index is -3.60. The van der Waals surface area contributed by atoms with Gasteiger partial charge in [0.2, 0.25) is 0 Å². The van der Waals surface area contributed by atoms with E-state index in [1.54, 1.807) is 12.1 Å². The first kappa shape index (κ1) is 15.5. The molecule has 0 amide bonds. The first-order valence-corrected chi connectivity index (χ1v) is 9.15. The normalized spacial score (nSPS) is 11.6. The van der Waals surface area contributed by atoms with E-state index in [4.69, 9.17) is 5.73 Å². The molecule has 4 nitrogen and oxygen atoms in total.